The van der Waals surface area contributed by atoms with Gasteiger partial charge in [-0.3, -0.25) is 9.59 Å². The van der Waals surface area contributed by atoms with E-state index in [9.17, 15) is 9.59 Å². The van der Waals surface area contributed by atoms with E-state index >= 15 is 0 Å². The van der Waals surface area contributed by atoms with Crippen LogP contribution in [0.1, 0.15) is 31.4 Å². The molecule has 0 saturated heterocycles. The zero-order valence-electron chi connectivity index (χ0n) is 16.0. The van der Waals surface area contributed by atoms with E-state index < -0.39 is 0 Å². The number of amides is 1. The van der Waals surface area contributed by atoms with Gasteiger partial charge in [-0.25, -0.2) is 0 Å². The first-order chi connectivity index (χ1) is 13.1. The molecule has 1 amide bonds. The Balaban J connectivity index is 1.99. The van der Waals surface area contributed by atoms with Crippen LogP contribution in [-0.2, 0) is 27.3 Å². The van der Waals surface area contributed by atoms with Crippen LogP contribution in [0.2, 0.25) is 0 Å². The summed E-state index contributed by atoms with van der Waals surface area (Å²) < 4.78 is 10.6. The molecule has 0 N–H and O–H groups in total. The summed E-state index contributed by atoms with van der Waals surface area (Å²) in [6.07, 6.45) is 1.07. The van der Waals surface area contributed by atoms with Crippen LogP contribution in [0, 0.1) is 0 Å². The molecule has 0 spiro atoms. The number of rotatable bonds is 10. The molecule has 2 rings (SSSR count). The number of hydrogen-bond donors (Lipinski definition) is 0. The number of ether oxygens (including phenoxy) is 2. The molecule has 0 saturated carbocycles. The van der Waals surface area contributed by atoms with E-state index in [0.29, 0.717) is 25.4 Å². The Morgan fingerprint density at radius 3 is 2.41 bits per heavy atom. The van der Waals surface area contributed by atoms with E-state index in [1.807, 2.05) is 54.6 Å². The highest BCUT2D eigenvalue weighted by molar-refractivity contribution is 5.78. The summed E-state index contributed by atoms with van der Waals surface area (Å²) in [5.41, 5.74) is 2.16. The summed E-state index contributed by atoms with van der Waals surface area (Å²) in [5, 5.41) is 0. The van der Waals surface area contributed by atoms with E-state index in [0.717, 1.165) is 17.5 Å². The molecule has 5 nitrogen and oxygen atoms in total. The van der Waals surface area contributed by atoms with E-state index in [4.69, 9.17) is 9.47 Å². The van der Waals surface area contributed by atoms with Gasteiger partial charge in [0, 0.05) is 13.1 Å². The Hall–Kier alpha value is -2.82. The van der Waals surface area contributed by atoms with E-state index in [1.54, 1.807) is 11.8 Å². The van der Waals surface area contributed by atoms with E-state index in [-0.39, 0.29) is 24.9 Å². The lowest BCUT2D eigenvalue weighted by atomic mass is 10.2. The largest absolute Gasteiger partial charge is 0.484 e. The van der Waals surface area contributed by atoms with Crippen LogP contribution < -0.4 is 4.74 Å². The lowest BCUT2D eigenvalue weighted by molar-refractivity contribution is -0.144. The van der Waals surface area contributed by atoms with Crippen LogP contribution in [0.5, 0.6) is 5.75 Å². The maximum Gasteiger partial charge on any atom is 0.307 e. The SMILES string of the molecule is CCOC(=O)CCN(Cc1ccccc1)C(=O)COc1cccc(CC)c1. The van der Waals surface area contributed by atoms with Gasteiger partial charge in [-0.2, -0.15) is 0 Å². The highest BCUT2D eigenvalue weighted by atomic mass is 16.5. The summed E-state index contributed by atoms with van der Waals surface area (Å²) in [6.45, 7) is 4.83. The van der Waals surface area contributed by atoms with Gasteiger partial charge >= 0.3 is 5.97 Å². The molecule has 0 aliphatic heterocycles. The number of benzene rings is 2. The fourth-order valence-electron chi connectivity index (χ4n) is 2.65. The second kappa shape index (κ2) is 11.0. The minimum atomic E-state index is -0.306. The standard InChI is InChI=1S/C22H27NO4/c1-3-18-11-8-12-20(15-18)27-17-21(24)23(14-13-22(25)26-4-2)16-19-9-6-5-7-10-19/h5-12,15H,3-4,13-14,16-17H2,1-2H3. The van der Waals surface area contributed by atoms with Crippen molar-refractivity contribution in [2.45, 2.75) is 33.2 Å². The molecule has 0 bridgehead atoms. The van der Waals surface area contributed by atoms with Gasteiger partial charge in [0.15, 0.2) is 6.61 Å². The lowest BCUT2D eigenvalue weighted by Crippen LogP contribution is -2.36. The average Bonchev–Trinajstić information content (AvgIpc) is 2.70. The molecule has 2 aromatic rings. The van der Waals surface area contributed by atoms with Crippen LogP contribution >= 0.6 is 0 Å². The molecule has 144 valence electrons. The van der Waals surface area contributed by atoms with Crippen molar-refractivity contribution in [3.8, 4) is 5.75 Å². The van der Waals surface area contributed by atoms with E-state index in [2.05, 4.69) is 6.92 Å². The van der Waals surface area contributed by atoms with Crippen molar-refractivity contribution >= 4 is 11.9 Å². The van der Waals surface area contributed by atoms with Crippen LogP contribution in [0.4, 0.5) is 0 Å². The molecule has 0 fully saturated rings. The molecule has 2 aromatic carbocycles. The van der Waals surface area contributed by atoms with Gasteiger partial charge in [0.1, 0.15) is 5.75 Å². The molecular weight excluding hydrogens is 342 g/mol. The maximum absolute atomic E-state index is 12.7. The Labute approximate surface area is 160 Å². The van der Waals surface area contributed by atoms with Crippen molar-refractivity contribution in [2.24, 2.45) is 0 Å². The number of hydrogen-bond acceptors (Lipinski definition) is 4. The third kappa shape index (κ3) is 7.13. The van der Waals surface area contributed by atoms with E-state index in [1.165, 1.54) is 0 Å². The minimum absolute atomic E-state index is 0.0666. The topological polar surface area (TPSA) is 55.8 Å². The fraction of sp³-hybridized carbons (Fsp3) is 0.364. The van der Waals surface area contributed by atoms with Gasteiger partial charge in [0.2, 0.25) is 0 Å². The molecule has 0 atom stereocenters. The minimum Gasteiger partial charge on any atom is -0.484 e. The van der Waals surface area contributed by atoms with Gasteiger partial charge in [0.05, 0.1) is 13.0 Å². The molecule has 27 heavy (non-hydrogen) atoms. The maximum atomic E-state index is 12.7. The third-order valence-corrected chi connectivity index (χ3v) is 4.13. The van der Waals surface area contributed by atoms with Crippen molar-refractivity contribution in [2.75, 3.05) is 19.8 Å². The molecule has 0 aliphatic rings. The molecule has 5 heteroatoms. The number of esters is 1. The smallest absolute Gasteiger partial charge is 0.307 e. The predicted molar refractivity (Wildman–Crippen MR) is 104 cm³/mol. The van der Waals surface area contributed by atoms with Crippen molar-refractivity contribution in [3.63, 3.8) is 0 Å². The van der Waals surface area contributed by atoms with Gasteiger partial charge < -0.3 is 14.4 Å². The Kier molecular flexibility index (Phi) is 8.36. The average molecular weight is 369 g/mol. The molecule has 0 aliphatic carbocycles. The molecular formula is C22H27NO4. The number of carbonyl (C=O) groups is 2. The molecule has 0 aromatic heterocycles. The normalized spacial score (nSPS) is 10.3. The van der Waals surface area contributed by atoms with Crippen LogP contribution in [0.25, 0.3) is 0 Å². The zero-order valence-corrected chi connectivity index (χ0v) is 16.0. The van der Waals surface area contributed by atoms with Crippen molar-refractivity contribution in [1.29, 1.82) is 0 Å². The quantitative estimate of drug-likeness (QED) is 0.601. The number of aryl methyl sites for hydroxylation is 1. The summed E-state index contributed by atoms with van der Waals surface area (Å²) in [6, 6.07) is 17.4. The number of carbonyl (C=O) groups excluding carboxylic acids is 2. The van der Waals surface area contributed by atoms with Gasteiger partial charge in [-0.05, 0) is 36.6 Å². The fourth-order valence-corrected chi connectivity index (χ4v) is 2.65. The highest BCUT2D eigenvalue weighted by Gasteiger charge is 2.17. The first-order valence-electron chi connectivity index (χ1n) is 9.31. The highest BCUT2D eigenvalue weighted by Crippen LogP contribution is 2.14. The zero-order chi connectivity index (χ0) is 19.5. The first-order valence-corrected chi connectivity index (χ1v) is 9.31. The van der Waals surface area contributed by atoms with Crippen LogP contribution in [0.15, 0.2) is 54.6 Å². The second-order valence-electron chi connectivity index (χ2n) is 6.15. The first kappa shape index (κ1) is 20.5. The Bertz CT molecular complexity index is 730. The summed E-state index contributed by atoms with van der Waals surface area (Å²) >= 11 is 0. The van der Waals surface area contributed by atoms with Gasteiger partial charge in [-0.15, -0.1) is 0 Å². The Morgan fingerprint density at radius 2 is 1.70 bits per heavy atom. The molecule has 0 radical (unpaired) electrons. The monoisotopic (exact) mass is 369 g/mol. The second-order valence-corrected chi connectivity index (χ2v) is 6.15. The van der Waals surface area contributed by atoms with Crippen molar-refractivity contribution < 1.29 is 19.1 Å². The van der Waals surface area contributed by atoms with Gasteiger partial charge in [0.25, 0.3) is 5.91 Å². The molecule has 0 unspecified atom stereocenters. The van der Waals surface area contributed by atoms with Crippen LogP contribution in [-0.4, -0.2) is 36.5 Å². The summed E-state index contributed by atoms with van der Waals surface area (Å²) in [7, 11) is 0. The lowest BCUT2D eigenvalue weighted by Gasteiger charge is -2.22. The third-order valence-electron chi connectivity index (χ3n) is 4.13. The molecule has 0 heterocycles. The van der Waals surface area contributed by atoms with Crippen molar-refractivity contribution in [1.82, 2.24) is 4.90 Å². The van der Waals surface area contributed by atoms with Crippen molar-refractivity contribution in [3.05, 3.63) is 65.7 Å². The summed E-state index contributed by atoms with van der Waals surface area (Å²) in [4.78, 5) is 26.0. The predicted octanol–water partition coefficient (Wildman–Crippen LogP) is 3.61. The van der Waals surface area contributed by atoms with Crippen LogP contribution in [0.3, 0.4) is 0 Å². The number of nitrogens with zero attached hydrogens (tertiary/aromatic N) is 1. The summed E-state index contributed by atoms with van der Waals surface area (Å²) in [5.74, 6) is 0.206. The van der Waals surface area contributed by atoms with Gasteiger partial charge in [-0.1, -0.05) is 49.4 Å². The Morgan fingerprint density at radius 1 is 0.963 bits per heavy atom.